The number of hydrogen-bond donors (Lipinski definition) is 1. The number of hydrogen-bond acceptors (Lipinski definition) is 3. The Morgan fingerprint density at radius 1 is 1.20 bits per heavy atom. The van der Waals surface area contributed by atoms with Crippen molar-refractivity contribution in [1.29, 1.82) is 0 Å². The zero-order valence-electron chi connectivity index (χ0n) is 9.93. The lowest BCUT2D eigenvalue weighted by atomic mass is 10.2. The monoisotopic (exact) mass is 395 g/mol. The van der Waals surface area contributed by atoms with Gasteiger partial charge in [0.25, 0.3) is 0 Å². The van der Waals surface area contributed by atoms with Gasteiger partial charge in [0.05, 0.1) is 5.56 Å². The molecule has 1 aromatic heterocycles. The van der Waals surface area contributed by atoms with Crippen LogP contribution in [0.25, 0.3) is 22.6 Å². The van der Waals surface area contributed by atoms with Gasteiger partial charge in [0.2, 0.25) is 5.89 Å². The summed E-state index contributed by atoms with van der Waals surface area (Å²) in [5.41, 5.74) is 1.68. The largest absolute Gasteiger partial charge is 0.478 e. The van der Waals surface area contributed by atoms with Crippen LogP contribution in [0.1, 0.15) is 10.4 Å². The summed E-state index contributed by atoms with van der Waals surface area (Å²) in [6.45, 7) is 0. The van der Waals surface area contributed by atoms with Gasteiger partial charge in [-0.2, -0.15) is 0 Å². The van der Waals surface area contributed by atoms with Gasteiger partial charge in [-0.05, 0) is 46.3 Å². The number of fused-ring (bicyclic) bond motifs is 1. The van der Waals surface area contributed by atoms with Crippen LogP contribution in [-0.2, 0) is 0 Å². The minimum Gasteiger partial charge on any atom is -0.478 e. The van der Waals surface area contributed by atoms with Crippen molar-refractivity contribution in [1.82, 2.24) is 4.98 Å². The number of carboxylic acids is 1. The van der Waals surface area contributed by atoms with E-state index >= 15 is 0 Å². The Morgan fingerprint density at radius 3 is 2.70 bits per heavy atom. The molecule has 0 unspecified atom stereocenters. The third kappa shape index (κ3) is 2.25. The fraction of sp³-hybridized carbons (Fsp3) is 0. The smallest absolute Gasteiger partial charge is 0.339 e. The van der Waals surface area contributed by atoms with E-state index in [2.05, 4.69) is 36.8 Å². The molecule has 0 bridgehead atoms. The summed E-state index contributed by atoms with van der Waals surface area (Å²) in [6, 6.07) is 10.5. The number of nitrogens with zero attached hydrogens (tertiary/aromatic N) is 1. The maximum Gasteiger partial charge on any atom is 0.339 e. The normalized spacial score (nSPS) is 10.9. The third-order valence-corrected chi connectivity index (χ3v) is 3.96. The number of para-hydroxylation sites is 1. The lowest BCUT2D eigenvalue weighted by Gasteiger charge is -1.99. The van der Waals surface area contributed by atoms with Gasteiger partial charge in [-0.25, -0.2) is 9.78 Å². The van der Waals surface area contributed by atoms with E-state index in [0.717, 1.165) is 14.5 Å². The van der Waals surface area contributed by atoms with Gasteiger partial charge in [-0.1, -0.05) is 22.0 Å². The maximum atomic E-state index is 11.2. The van der Waals surface area contributed by atoms with Crippen molar-refractivity contribution in [3.63, 3.8) is 0 Å². The Bertz CT molecular complexity index is 826. The molecule has 20 heavy (non-hydrogen) atoms. The molecule has 0 saturated heterocycles. The molecule has 0 aliphatic heterocycles. The van der Waals surface area contributed by atoms with Gasteiger partial charge in [0.1, 0.15) is 11.1 Å². The number of rotatable bonds is 2. The van der Waals surface area contributed by atoms with E-state index < -0.39 is 5.97 Å². The summed E-state index contributed by atoms with van der Waals surface area (Å²) in [5.74, 6) is -0.652. The molecule has 0 amide bonds. The van der Waals surface area contributed by atoms with Crippen LogP contribution in [-0.4, -0.2) is 16.1 Å². The lowest BCUT2D eigenvalue weighted by molar-refractivity contribution is 0.0698. The quantitative estimate of drug-likeness (QED) is 0.680. The first-order chi connectivity index (χ1) is 9.56. The van der Waals surface area contributed by atoms with Gasteiger partial charge in [-0.15, -0.1) is 0 Å². The number of benzene rings is 2. The van der Waals surface area contributed by atoms with E-state index in [9.17, 15) is 4.79 Å². The summed E-state index contributed by atoms with van der Waals surface area (Å²) in [5, 5.41) is 9.15. The van der Waals surface area contributed by atoms with Crippen molar-refractivity contribution in [2.24, 2.45) is 0 Å². The zero-order chi connectivity index (χ0) is 14.3. The van der Waals surface area contributed by atoms with Gasteiger partial charge in [-0.3, -0.25) is 0 Å². The molecular weight excluding hydrogens is 390 g/mol. The number of halogens is 2. The van der Waals surface area contributed by atoms with Crippen molar-refractivity contribution in [3.8, 4) is 11.5 Å². The minimum absolute atomic E-state index is 0.106. The molecule has 1 N–H and O–H groups in total. The standard InChI is InChI=1S/C14H7Br2NO3/c15-7-4-5-8(10(16)6-7)13-17-11-3-1-2-9(14(18)19)12(11)20-13/h1-6H,(H,18,19). The SMILES string of the molecule is O=C(O)c1cccc2nc(-c3ccc(Br)cc3Br)oc12. The molecule has 0 aliphatic carbocycles. The van der Waals surface area contributed by atoms with Crippen LogP contribution < -0.4 is 0 Å². The van der Waals surface area contributed by atoms with Gasteiger partial charge < -0.3 is 9.52 Å². The zero-order valence-corrected chi connectivity index (χ0v) is 13.1. The second-order valence-electron chi connectivity index (χ2n) is 4.10. The molecule has 2 aromatic carbocycles. The van der Waals surface area contributed by atoms with Crippen LogP contribution in [0.15, 0.2) is 49.8 Å². The highest BCUT2D eigenvalue weighted by molar-refractivity contribution is 9.11. The van der Waals surface area contributed by atoms with E-state index in [4.69, 9.17) is 9.52 Å². The molecule has 1 heterocycles. The highest BCUT2D eigenvalue weighted by Crippen LogP contribution is 2.33. The Balaban J connectivity index is 2.23. The molecule has 3 rings (SSSR count). The Morgan fingerprint density at radius 2 is 2.00 bits per heavy atom. The van der Waals surface area contributed by atoms with Crippen LogP contribution in [0.5, 0.6) is 0 Å². The van der Waals surface area contributed by atoms with E-state index in [0.29, 0.717) is 11.4 Å². The maximum absolute atomic E-state index is 11.2. The fourth-order valence-corrected chi connectivity index (χ4v) is 3.11. The molecular formula is C14H7Br2NO3. The van der Waals surface area contributed by atoms with Crippen LogP contribution in [0.3, 0.4) is 0 Å². The van der Waals surface area contributed by atoms with Gasteiger partial charge >= 0.3 is 5.97 Å². The molecule has 0 aliphatic rings. The van der Waals surface area contributed by atoms with Crippen LogP contribution in [0.2, 0.25) is 0 Å². The molecule has 0 radical (unpaired) electrons. The van der Waals surface area contributed by atoms with Crippen molar-refractivity contribution >= 4 is 48.9 Å². The van der Waals surface area contributed by atoms with Crippen molar-refractivity contribution in [2.75, 3.05) is 0 Å². The van der Waals surface area contributed by atoms with E-state index in [-0.39, 0.29) is 11.1 Å². The van der Waals surface area contributed by atoms with Gasteiger partial charge in [0, 0.05) is 8.95 Å². The predicted molar refractivity (Wildman–Crippen MR) is 81.8 cm³/mol. The van der Waals surface area contributed by atoms with Crippen molar-refractivity contribution in [2.45, 2.75) is 0 Å². The molecule has 3 aromatic rings. The first-order valence-electron chi connectivity index (χ1n) is 5.64. The predicted octanol–water partition coefficient (Wildman–Crippen LogP) is 4.72. The Labute approximate surface area is 130 Å². The number of carbonyl (C=O) groups is 1. The highest BCUT2D eigenvalue weighted by atomic mass is 79.9. The molecule has 0 atom stereocenters. The molecule has 0 saturated carbocycles. The summed E-state index contributed by atoms with van der Waals surface area (Å²) < 4.78 is 7.37. The minimum atomic E-state index is -1.03. The van der Waals surface area contributed by atoms with E-state index in [1.807, 2.05) is 18.2 Å². The number of oxazole rings is 1. The topological polar surface area (TPSA) is 63.3 Å². The fourth-order valence-electron chi connectivity index (χ4n) is 1.90. The molecule has 0 fully saturated rings. The van der Waals surface area contributed by atoms with Crippen molar-refractivity contribution < 1.29 is 14.3 Å². The lowest BCUT2D eigenvalue weighted by Crippen LogP contribution is -1.95. The Kier molecular flexibility index (Phi) is 3.35. The summed E-state index contributed by atoms with van der Waals surface area (Å²) >= 11 is 6.82. The average Bonchev–Trinajstić information content (AvgIpc) is 2.81. The van der Waals surface area contributed by atoms with Crippen LogP contribution >= 0.6 is 31.9 Å². The third-order valence-electron chi connectivity index (χ3n) is 2.81. The summed E-state index contributed by atoms with van der Waals surface area (Å²) in [4.78, 5) is 15.5. The Hall–Kier alpha value is -1.66. The summed E-state index contributed by atoms with van der Waals surface area (Å²) in [6.07, 6.45) is 0. The van der Waals surface area contributed by atoms with Crippen molar-refractivity contribution in [3.05, 3.63) is 50.9 Å². The van der Waals surface area contributed by atoms with E-state index in [1.54, 1.807) is 12.1 Å². The average molecular weight is 397 g/mol. The second kappa shape index (κ2) is 5.03. The highest BCUT2D eigenvalue weighted by Gasteiger charge is 2.16. The van der Waals surface area contributed by atoms with E-state index in [1.165, 1.54) is 6.07 Å². The number of carboxylic acid groups (broad SMARTS) is 1. The number of aromatic carboxylic acids is 1. The molecule has 100 valence electrons. The second-order valence-corrected chi connectivity index (χ2v) is 5.87. The first-order valence-corrected chi connectivity index (χ1v) is 7.23. The molecule has 6 heteroatoms. The van der Waals surface area contributed by atoms with Crippen LogP contribution in [0.4, 0.5) is 0 Å². The molecule has 4 nitrogen and oxygen atoms in total. The summed E-state index contributed by atoms with van der Waals surface area (Å²) in [7, 11) is 0. The van der Waals surface area contributed by atoms with Crippen LogP contribution in [0, 0.1) is 0 Å². The first kappa shape index (κ1) is 13.3. The molecule has 0 spiro atoms. The van der Waals surface area contributed by atoms with Gasteiger partial charge in [0.15, 0.2) is 5.58 Å². The number of aromatic nitrogens is 1.